The molecule has 0 aromatic heterocycles. The van der Waals surface area contributed by atoms with Crippen LogP contribution in [-0.2, 0) is 9.84 Å². The maximum absolute atomic E-state index is 13.2. The van der Waals surface area contributed by atoms with Gasteiger partial charge in [0.2, 0.25) is 0 Å². The molecule has 2 heterocycles. The van der Waals surface area contributed by atoms with Crippen molar-refractivity contribution < 1.29 is 13.2 Å². The normalized spacial score (nSPS) is 24.6. The van der Waals surface area contributed by atoms with Gasteiger partial charge in [-0.3, -0.25) is 9.80 Å². The van der Waals surface area contributed by atoms with Gasteiger partial charge >= 0.3 is 6.03 Å². The van der Waals surface area contributed by atoms with E-state index in [1.165, 1.54) is 0 Å². The first-order chi connectivity index (χ1) is 11.9. The van der Waals surface area contributed by atoms with Gasteiger partial charge in [-0.25, -0.2) is 13.2 Å². The van der Waals surface area contributed by atoms with Gasteiger partial charge in [-0.05, 0) is 37.6 Å². The lowest BCUT2D eigenvalue weighted by molar-refractivity contribution is 0.255. The van der Waals surface area contributed by atoms with Crippen molar-refractivity contribution in [3.05, 3.63) is 59.7 Å². The predicted molar refractivity (Wildman–Crippen MR) is 98.9 cm³/mol. The second-order valence-electron chi connectivity index (χ2n) is 6.86. The number of benzene rings is 2. The molecule has 2 aromatic carbocycles. The molecule has 0 radical (unpaired) electrons. The number of aryl methyl sites for hydroxylation is 2. The zero-order valence-corrected chi connectivity index (χ0v) is 15.0. The minimum atomic E-state index is -3.17. The zero-order chi connectivity index (χ0) is 17.8. The summed E-state index contributed by atoms with van der Waals surface area (Å²) in [6.07, 6.45) is 0. The Morgan fingerprint density at radius 1 is 0.920 bits per heavy atom. The minimum Gasteiger partial charge on any atom is -0.288 e. The molecule has 2 saturated heterocycles. The Hall–Kier alpha value is -2.34. The number of nitrogens with zero attached hydrogens (tertiary/aromatic N) is 2. The van der Waals surface area contributed by atoms with Gasteiger partial charge in [0, 0.05) is 11.4 Å². The SMILES string of the molecule is Cc1ccc(N2C(=O)N(c3ccccc3)C3CS(=O)(=O)CC32)c(C)c1. The Labute approximate surface area is 147 Å². The van der Waals surface area contributed by atoms with E-state index >= 15 is 0 Å². The molecule has 0 saturated carbocycles. The summed E-state index contributed by atoms with van der Waals surface area (Å²) in [4.78, 5) is 16.6. The van der Waals surface area contributed by atoms with Crippen LogP contribution in [0.4, 0.5) is 16.2 Å². The number of hydrogen-bond donors (Lipinski definition) is 0. The van der Waals surface area contributed by atoms with Crippen molar-refractivity contribution in [3.8, 4) is 0 Å². The van der Waals surface area contributed by atoms with Crippen LogP contribution in [0.1, 0.15) is 11.1 Å². The fourth-order valence-corrected chi connectivity index (χ4v) is 5.87. The third-order valence-corrected chi connectivity index (χ3v) is 6.71. The van der Waals surface area contributed by atoms with E-state index in [9.17, 15) is 13.2 Å². The lowest BCUT2D eigenvalue weighted by Crippen LogP contribution is -2.38. The molecule has 6 heteroatoms. The Kier molecular flexibility index (Phi) is 3.61. The van der Waals surface area contributed by atoms with Gasteiger partial charge in [-0.2, -0.15) is 0 Å². The number of carbonyl (C=O) groups is 1. The molecule has 2 unspecified atom stereocenters. The number of amides is 2. The quantitative estimate of drug-likeness (QED) is 0.778. The van der Waals surface area contributed by atoms with E-state index in [1.807, 2.05) is 62.4 Å². The molecule has 2 fully saturated rings. The summed E-state index contributed by atoms with van der Waals surface area (Å²) in [5, 5.41) is 0. The highest BCUT2D eigenvalue weighted by Crippen LogP contribution is 2.38. The molecule has 2 atom stereocenters. The molecule has 25 heavy (non-hydrogen) atoms. The van der Waals surface area contributed by atoms with Gasteiger partial charge in [0.15, 0.2) is 9.84 Å². The topological polar surface area (TPSA) is 57.7 Å². The fourth-order valence-electron chi connectivity index (χ4n) is 3.95. The number of rotatable bonds is 2. The van der Waals surface area contributed by atoms with Crippen LogP contribution >= 0.6 is 0 Å². The Bertz CT molecular complexity index is 940. The Morgan fingerprint density at radius 3 is 2.20 bits per heavy atom. The number of fused-ring (bicyclic) bond motifs is 1. The second-order valence-corrected chi connectivity index (χ2v) is 9.01. The summed E-state index contributed by atoms with van der Waals surface area (Å²) in [5.41, 5.74) is 3.63. The number of sulfone groups is 1. The standard InChI is InChI=1S/C19H20N2O3S/c1-13-8-9-16(14(2)10-13)21-18-12-25(23,24)11-17(18)20(19(21)22)15-6-4-3-5-7-15/h3-10,17-18H,11-12H2,1-2H3. The monoisotopic (exact) mass is 356 g/mol. The number of urea groups is 1. The maximum atomic E-state index is 13.2. The van der Waals surface area contributed by atoms with Crippen LogP contribution in [0.2, 0.25) is 0 Å². The highest BCUT2D eigenvalue weighted by atomic mass is 32.2. The molecular weight excluding hydrogens is 336 g/mol. The van der Waals surface area contributed by atoms with Crippen LogP contribution in [0, 0.1) is 13.8 Å². The van der Waals surface area contributed by atoms with Crippen LogP contribution in [-0.4, -0.2) is 38.0 Å². The zero-order valence-electron chi connectivity index (χ0n) is 14.2. The van der Waals surface area contributed by atoms with Crippen molar-refractivity contribution >= 4 is 27.2 Å². The average molecular weight is 356 g/mol. The first-order valence-electron chi connectivity index (χ1n) is 8.32. The van der Waals surface area contributed by atoms with Crippen LogP contribution in [0.15, 0.2) is 48.5 Å². The van der Waals surface area contributed by atoms with Crippen LogP contribution in [0.5, 0.6) is 0 Å². The molecule has 0 N–H and O–H groups in total. The van der Waals surface area contributed by atoms with E-state index in [4.69, 9.17) is 0 Å². The molecule has 2 aliphatic rings. The van der Waals surface area contributed by atoms with Crippen molar-refractivity contribution in [2.45, 2.75) is 25.9 Å². The molecule has 0 aliphatic carbocycles. The second kappa shape index (κ2) is 5.59. The van der Waals surface area contributed by atoms with Gasteiger partial charge in [0.25, 0.3) is 0 Å². The lowest BCUT2D eigenvalue weighted by atomic mass is 10.1. The van der Waals surface area contributed by atoms with E-state index in [1.54, 1.807) is 9.80 Å². The number of anilines is 2. The largest absolute Gasteiger partial charge is 0.329 e. The minimum absolute atomic E-state index is 0.0136. The van der Waals surface area contributed by atoms with E-state index in [0.29, 0.717) is 0 Å². The lowest BCUT2D eigenvalue weighted by Gasteiger charge is -2.24. The van der Waals surface area contributed by atoms with Crippen molar-refractivity contribution in [2.24, 2.45) is 0 Å². The molecule has 0 bridgehead atoms. The molecule has 0 spiro atoms. The number of carbonyl (C=O) groups excluding carboxylic acids is 1. The van der Waals surface area contributed by atoms with Crippen LogP contribution in [0.25, 0.3) is 0 Å². The van der Waals surface area contributed by atoms with Crippen molar-refractivity contribution in [2.75, 3.05) is 21.3 Å². The third-order valence-electron chi connectivity index (χ3n) is 5.02. The van der Waals surface area contributed by atoms with Crippen molar-refractivity contribution in [3.63, 3.8) is 0 Å². The summed E-state index contributed by atoms with van der Waals surface area (Å²) in [6, 6.07) is 14.4. The molecule has 5 nitrogen and oxygen atoms in total. The summed E-state index contributed by atoms with van der Waals surface area (Å²) in [5.74, 6) is 0.0275. The molecule has 2 amide bonds. The van der Waals surface area contributed by atoms with Crippen LogP contribution in [0.3, 0.4) is 0 Å². The summed E-state index contributed by atoms with van der Waals surface area (Å²) in [6.45, 7) is 3.96. The van der Waals surface area contributed by atoms with E-state index in [0.717, 1.165) is 22.5 Å². The van der Waals surface area contributed by atoms with Gasteiger partial charge in [0.1, 0.15) is 0 Å². The van der Waals surface area contributed by atoms with Crippen molar-refractivity contribution in [1.82, 2.24) is 0 Å². The van der Waals surface area contributed by atoms with Gasteiger partial charge < -0.3 is 0 Å². The van der Waals surface area contributed by atoms with Gasteiger partial charge in [-0.15, -0.1) is 0 Å². The first kappa shape index (κ1) is 16.1. The number of hydrogen-bond acceptors (Lipinski definition) is 3. The molecule has 4 rings (SSSR count). The third kappa shape index (κ3) is 2.61. The number of para-hydroxylation sites is 1. The van der Waals surface area contributed by atoms with Crippen LogP contribution < -0.4 is 9.80 Å². The first-order valence-corrected chi connectivity index (χ1v) is 10.1. The maximum Gasteiger partial charge on any atom is 0.329 e. The molecule has 130 valence electrons. The summed E-state index contributed by atoms with van der Waals surface area (Å²) in [7, 11) is -3.17. The van der Waals surface area contributed by atoms with E-state index in [-0.39, 0.29) is 29.6 Å². The Balaban J connectivity index is 1.83. The summed E-state index contributed by atoms with van der Waals surface area (Å²) >= 11 is 0. The fraction of sp³-hybridized carbons (Fsp3) is 0.316. The van der Waals surface area contributed by atoms with E-state index in [2.05, 4.69) is 0 Å². The van der Waals surface area contributed by atoms with Crippen molar-refractivity contribution in [1.29, 1.82) is 0 Å². The smallest absolute Gasteiger partial charge is 0.288 e. The van der Waals surface area contributed by atoms with Gasteiger partial charge in [-0.1, -0.05) is 35.9 Å². The van der Waals surface area contributed by atoms with E-state index < -0.39 is 9.84 Å². The highest BCUT2D eigenvalue weighted by molar-refractivity contribution is 7.91. The molecular formula is C19H20N2O3S. The predicted octanol–water partition coefficient (Wildman–Crippen LogP) is 2.92. The highest BCUT2D eigenvalue weighted by Gasteiger charge is 2.54. The molecule has 2 aromatic rings. The Morgan fingerprint density at radius 2 is 1.56 bits per heavy atom. The molecule has 2 aliphatic heterocycles. The average Bonchev–Trinajstić information content (AvgIpc) is 2.98. The summed E-state index contributed by atoms with van der Waals surface area (Å²) < 4.78 is 24.6. The van der Waals surface area contributed by atoms with Gasteiger partial charge in [0.05, 0.1) is 23.6 Å².